The number of carbonyl (C=O) groups is 1. The van der Waals surface area contributed by atoms with Crippen LogP contribution < -0.4 is 10.6 Å². The number of benzene rings is 1. The molecule has 5 nitrogen and oxygen atoms in total. The molecule has 5 heteroatoms. The summed E-state index contributed by atoms with van der Waals surface area (Å²) in [6, 6.07) is 5.24. The van der Waals surface area contributed by atoms with Crippen LogP contribution in [0.1, 0.15) is 30.6 Å². The van der Waals surface area contributed by atoms with Crippen LogP contribution in [0.25, 0.3) is 0 Å². The van der Waals surface area contributed by atoms with Crippen molar-refractivity contribution in [3.05, 3.63) is 23.8 Å². The molecule has 0 spiro atoms. The van der Waals surface area contributed by atoms with Gasteiger partial charge in [-0.1, -0.05) is 6.92 Å². The van der Waals surface area contributed by atoms with Crippen molar-refractivity contribution in [3.63, 3.8) is 0 Å². The van der Waals surface area contributed by atoms with Crippen LogP contribution in [0.2, 0.25) is 0 Å². The molecule has 0 aromatic heterocycles. The zero-order valence-electron chi connectivity index (χ0n) is 12.0. The molecule has 1 aliphatic rings. The van der Waals surface area contributed by atoms with Crippen molar-refractivity contribution in [3.8, 4) is 0 Å². The van der Waals surface area contributed by atoms with E-state index in [1.54, 1.807) is 19.1 Å². The average Bonchev–Trinajstić information content (AvgIpc) is 2.42. The van der Waals surface area contributed by atoms with Crippen LogP contribution in [-0.4, -0.2) is 36.9 Å². The van der Waals surface area contributed by atoms with E-state index in [9.17, 15) is 9.90 Å². The number of nitrogens with two attached hydrogens (primary N) is 1. The Morgan fingerprint density at radius 1 is 1.55 bits per heavy atom. The molecule has 1 aliphatic heterocycles. The monoisotopic (exact) mass is 278 g/mol. The van der Waals surface area contributed by atoms with E-state index in [1.165, 1.54) is 0 Å². The number of hydrogen-bond donors (Lipinski definition) is 2. The number of esters is 1. The van der Waals surface area contributed by atoms with Gasteiger partial charge in [-0.25, -0.2) is 4.79 Å². The number of hydrogen-bond acceptors (Lipinski definition) is 5. The number of anilines is 2. The fourth-order valence-corrected chi connectivity index (χ4v) is 2.54. The molecule has 110 valence electrons. The van der Waals surface area contributed by atoms with Crippen molar-refractivity contribution in [1.82, 2.24) is 0 Å². The molecule has 1 saturated heterocycles. The standard InChI is InChI=1S/C15H22N2O3/c1-3-20-15(19)11-4-5-13(12(16)8-11)17-7-6-14(18)10(2)9-17/h4-5,8,10,14,18H,3,6-7,9,16H2,1-2H3. The number of carbonyl (C=O) groups excluding carboxylic acids is 1. The highest BCUT2D eigenvalue weighted by Crippen LogP contribution is 2.29. The van der Waals surface area contributed by atoms with Crippen molar-refractivity contribution in [2.24, 2.45) is 5.92 Å². The molecule has 0 saturated carbocycles. The van der Waals surface area contributed by atoms with Crippen LogP contribution in [0.4, 0.5) is 11.4 Å². The third-order valence-electron chi connectivity index (χ3n) is 3.74. The van der Waals surface area contributed by atoms with Gasteiger partial charge in [0.05, 0.1) is 29.6 Å². The molecular formula is C15H22N2O3. The summed E-state index contributed by atoms with van der Waals surface area (Å²) < 4.78 is 4.96. The van der Waals surface area contributed by atoms with Gasteiger partial charge in [0, 0.05) is 13.1 Å². The Morgan fingerprint density at radius 2 is 2.30 bits per heavy atom. The summed E-state index contributed by atoms with van der Waals surface area (Å²) in [6.07, 6.45) is 0.492. The highest BCUT2D eigenvalue weighted by molar-refractivity contribution is 5.92. The number of nitrogen functional groups attached to an aromatic ring is 1. The molecule has 1 aromatic carbocycles. The second-order valence-corrected chi connectivity index (χ2v) is 5.27. The van der Waals surface area contributed by atoms with Crippen molar-refractivity contribution < 1.29 is 14.6 Å². The number of rotatable bonds is 3. The number of aliphatic hydroxyl groups is 1. The number of aliphatic hydroxyl groups excluding tert-OH is 1. The first kappa shape index (κ1) is 14.7. The smallest absolute Gasteiger partial charge is 0.338 e. The summed E-state index contributed by atoms with van der Waals surface area (Å²) in [5.74, 6) is -0.138. The summed E-state index contributed by atoms with van der Waals surface area (Å²) in [6.45, 7) is 5.69. The third-order valence-corrected chi connectivity index (χ3v) is 3.74. The van der Waals surface area contributed by atoms with Gasteiger partial charge in [0.25, 0.3) is 0 Å². The Labute approximate surface area is 119 Å². The van der Waals surface area contributed by atoms with Gasteiger partial charge >= 0.3 is 5.97 Å². The Balaban J connectivity index is 2.16. The minimum atomic E-state index is -0.354. The van der Waals surface area contributed by atoms with E-state index in [0.717, 1.165) is 25.2 Å². The molecule has 3 N–H and O–H groups in total. The van der Waals surface area contributed by atoms with Crippen LogP contribution >= 0.6 is 0 Å². The normalized spacial score (nSPS) is 22.6. The lowest BCUT2D eigenvalue weighted by Crippen LogP contribution is -2.42. The van der Waals surface area contributed by atoms with E-state index in [4.69, 9.17) is 10.5 Å². The molecule has 0 bridgehead atoms. The first-order chi connectivity index (χ1) is 9.52. The molecule has 0 radical (unpaired) electrons. The molecule has 20 heavy (non-hydrogen) atoms. The van der Waals surface area contributed by atoms with Gasteiger partial charge in [0.2, 0.25) is 0 Å². The van der Waals surface area contributed by atoms with Gasteiger partial charge in [-0.3, -0.25) is 0 Å². The number of nitrogens with zero attached hydrogens (tertiary/aromatic N) is 1. The Hall–Kier alpha value is -1.75. The summed E-state index contributed by atoms with van der Waals surface area (Å²) in [5, 5.41) is 9.77. The Bertz CT molecular complexity index is 490. The van der Waals surface area contributed by atoms with Crippen molar-refractivity contribution in [2.75, 3.05) is 30.3 Å². The molecule has 2 atom stereocenters. The van der Waals surface area contributed by atoms with Crippen LogP contribution in [-0.2, 0) is 4.74 Å². The lowest BCUT2D eigenvalue weighted by molar-refractivity contribution is 0.0526. The molecule has 1 heterocycles. The lowest BCUT2D eigenvalue weighted by atomic mass is 9.96. The van der Waals surface area contributed by atoms with Crippen LogP contribution in [0.5, 0.6) is 0 Å². The zero-order valence-corrected chi connectivity index (χ0v) is 12.0. The predicted octanol–water partition coefficient (Wildman–Crippen LogP) is 1.65. The van der Waals surface area contributed by atoms with Gasteiger partial charge in [-0.05, 0) is 37.5 Å². The molecular weight excluding hydrogens is 256 g/mol. The highest BCUT2D eigenvalue weighted by atomic mass is 16.5. The Morgan fingerprint density at radius 3 is 2.90 bits per heavy atom. The van der Waals surface area contributed by atoms with Gasteiger partial charge in [0.1, 0.15) is 0 Å². The molecule has 0 aliphatic carbocycles. The van der Waals surface area contributed by atoms with E-state index in [0.29, 0.717) is 17.9 Å². The van der Waals surface area contributed by atoms with Crippen LogP contribution in [0.15, 0.2) is 18.2 Å². The quantitative estimate of drug-likeness (QED) is 0.649. The van der Waals surface area contributed by atoms with E-state index >= 15 is 0 Å². The number of piperidine rings is 1. The topological polar surface area (TPSA) is 75.8 Å². The predicted molar refractivity (Wildman–Crippen MR) is 78.8 cm³/mol. The second-order valence-electron chi connectivity index (χ2n) is 5.27. The molecule has 1 fully saturated rings. The van der Waals surface area contributed by atoms with E-state index in [-0.39, 0.29) is 18.0 Å². The van der Waals surface area contributed by atoms with E-state index < -0.39 is 0 Å². The fourth-order valence-electron chi connectivity index (χ4n) is 2.54. The lowest BCUT2D eigenvalue weighted by Gasteiger charge is -2.36. The van der Waals surface area contributed by atoms with Gasteiger partial charge in [0.15, 0.2) is 0 Å². The minimum Gasteiger partial charge on any atom is -0.462 e. The SMILES string of the molecule is CCOC(=O)c1ccc(N2CCC(O)C(C)C2)c(N)c1. The van der Waals surface area contributed by atoms with Gasteiger partial charge in [-0.15, -0.1) is 0 Å². The maximum Gasteiger partial charge on any atom is 0.338 e. The molecule has 0 amide bonds. The Kier molecular flexibility index (Phi) is 4.49. The van der Waals surface area contributed by atoms with Crippen molar-refractivity contribution >= 4 is 17.3 Å². The average molecular weight is 278 g/mol. The molecule has 1 aromatic rings. The summed E-state index contributed by atoms with van der Waals surface area (Å²) in [4.78, 5) is 13.8. The van der Waals surface area contributed by atoms with Crippen LogP contribution in [0, 0.1) is 5.92 Å². The molecule has 2 rings (SSSR count). The summed E-state index contributed by atoms with van der Waals surface area (Å²) >= 11 is 0. The van der Waals surface area contributed by atoms with Gasteiger partial charge < -0.3 is 20.5 Å². The largest absolute Gasteiger partial charge is 0.462 e. The number of ether oxygens (including phenoxy) is 1. The zero-order chi connectivity index (χ0) is 14.7. The van der Waals surface area contributed by atoms with E-state index in [2.05, 4.69) is 4.90 Å². The van der Waals surface area contributed by atoms with Crippen molar-refractivity contribution in [1.29, 1.82) is 0 Å². The first-order valence-electron chi connectivity index (χ1n) is 7.02. The maximum absolute atomic E-state index is 11.7. The fraction of sp³-hybridized carbons (Fsp3) is 0.533. The maximum atomic E-state index is 11.7. The summed E-state index contributed by atoms with van der Waals surface area (Å²) in [5.41, 5.74) is 8.01. The minimum absolute atomic E-state index is 0.216. The summed E-state index contributed by atoms with van der Waals surface area (Å²) in [7, 11) is 0. The first-order valence-corrected chi connectivity index (χ1v) is 7.02. The van der Waals surface area contributed by atoms with Gasteiger partial charge in [-0.2, -0.15) is 0 Å². The van der Waals surface area contributed by atoms with E-state index in [1.807, 2.05) is 13.0 Å². The third kappa shape index (κ3) is 3.04. The molecule has 2 unspecified atom stereocenters. The highest BCUT2D eigenvalue weighted by Gasteiger charge is 2.25. The second kappa shape index (κ2) is 6.13. The van der Waals surface area contributed by atoms with Crippen LogP contribution in [0.3, 0.4) is 0 Å². The van der Waals surface area contributed by atoms with Crippen molar-refractivity contribution in [2.45, 2.75) is 26.4 Å².